The molecule has 0 fully saturated rings. The SMILES string of the molecule is CCCCCCCC/C=C\CCCCCCCCNc1ccccc1C(=O)[O-].CCCCCCCC/C=C\CCCCCCCCNc1ccccc1C(=O)[O-].CCCCCCCC/C=C\CCCCCCCCNc1ccccc1C(=O)[O-].[Cr+3]. The van der Waals surface area contributed by atoms with E-state index < -0.39 is 17.9 Å². The van der Waals surface area contributed by atoms with Gasteiger partial charge in [-0.2, -0.15) is 0 Å². The van der Waals surface area contributed by atoms with Gasteiger partial charge >= 0.3 is 17.4 Å². The van der Waals surface area contributed by atoms with Crippen LogP contribution in [-0.4, -0.2) is 37.5 Å². The van der Waals surface area contributed by atoms with Crippen LogP contribution in [0.4, 0.5) is 17.1 Å². The molecule has 1 radical (unpaired) electrons. The Morgan fingerprint density at radius 2 is 0.459 bits per heavy atom. The number of hydrogen-bond acceptors (Lipinski definition) is 9. The Labute approximate surface area is 531 Å². The number of aromatic carboxylic acids is 3. The van der Waals surface area contributed by atoms with Gasteiger partial charge in [0.2, 0.25) is 0 Å². The van der Waals surface area contributed by atoms with Gasteiger partial charge in [0.25, 0.3) is 0 Å². The molecular formula is C75H120CrN3O6. The van der Waals surface area contributed by atoms with Crippen molar-refractivity contribution in [1.82, 2.24) is 0 Å². The zero-order chi connectivity index (χ0) is 60.9. The first kappa shape index (κ1) is 80.2. The maximum absolute atomic E-state index is 11.0. The Kier molecular flexibility index (Phi) is 58.8. The Bertz CT molecular complexity index is 1860. The number of carboxylic acids is 3. The molecule has 0 aliphatic heterocycles. The van der Waals surface area contributed by atoms with Crippen molar-refractivity contribution < 1.29 is 47.1 Å². The number of allylic oxidation sites excluding steroid dienone is 6. The van der Waals surface area contributed by atoms with E-state index in [0.717, 1.165) is 38.9 Å². The van der Waals surface area contributed by atoms with Gasteiger partial charge in [0.05, 0.1) is 17.9 Å². The van der Waals surface area contributed by atoms with Crippen LogP contribution in [0.15, 0.2) is 109 Å². The van der Waals surface area contributed by atoms with Crippen LogP contribution in [0.1, 0.15) is 322 Å². The molecule has 0 saturated carbocycles. The number of rotatable bonds is 54. The second-order valence-electron chi connectivity index (χ2n) is 23.1. The summed E-state index contributed by atoms with van der Waals surface area (Å²) in [6, 6.07) is 20.8. The monoisotopic (exact) mass is 1210 g/mol. The minimum absolute atomic E-state index is 0. The fourth-order valence-corrected chi connectivity index (χ4v) is 10.2. The number of para-hydroxylation sites is 3. The summed E-state index contributed by atoms with van der Waals surface area (Å²) < 4.78 is 0. The third-order valence-corrected chi connectivity index (χ3v) is 15.5. The molecule has 85 heavy (non-hydrogen) atoms. The Hall–Kier alpha value is -4.78. The predicted molar refractivity (Wildman–Crippen MR) is 356 cm³/mol. The van der Waals surface area contributed by atoms with Crippen molar-refractivity contribution in [3.05, 3.63) is 126 Å². The van der Waals surface area contributed by atoms with Crippen molar-refractivity contribution in [1.29, 1.82) is 0 Å². The quantitative estimate of drug-likeness (QED) is 0.0370. The molecule has 3 aromatic rings. The van der Waals surface area contributed by atoms with E-state index in [1.807, 2.05) is 18.2 Å². The molecule has 477 valence electrons. The van der Waals surface area contributed by atoms with Crippen molar-refractivity contribution in [2.45, 2.75) is 290 Å². The molecule has 0 atom stereocenters. The van der Waals surface area contributed by atoms with E-state index in [2.05, 4.69) is 73.2 Å². The van der Waals surface area contributed by atoms with Gasteiger partial charge in [-0.25, -0.2) is 0 Å². The average molecular weight is 1210 g/mol. The zero-order valence-electron chi connectivity index (χ0n) is 54.1. The van der Waals surface area contributed by atoms with E-state index in [0.29, 0.717) is 17.1 Å². The van der Waals surface area contributed by atoms with Gasteiger partial charge in [0, 0.05) is 53.4 Å². The maximum Gasteiger partial charge on any atom is 3.00 e. The predicted octanol–water partition coefficient (Wildman–Crippen LogP) is 19.5. The summed E-state index contributed by atoms with van der Waals surface area (Å²) in [6.45, 7) is 9.23. The maximum atomic E-state index is 11.0. The van der Waals surface area contributed by atoms with Crippen LogP contribution in [0, 0.1) is 0 Å². The van der Waals surface area contributed by atoms with Gasteiger partial charge in [-0.1, -0.05) is 285 Å². The number of anilines is 3. The van der Waals surface area contributed by atoms with E-state index in [1.54, 1.807) is 54.6 Å². The first-order chi connectivity index (χ1) is 41.3. The smallest absolute Gasteiger partial charge is 0.545 e. The van der Waals surface area contributed by atoms with Crippen LogP contribution in [0.2, 0.25) is 0 Å². The van der Waals surface area contributed by atoms with Crippen LogP contribution in [0.25, 0.3) is 0 Å². The summed E-state index contributed by atoms with van der Waals surface area (Å²) in [7, 11) is 0. The van der Waals surface area contributed by atoms with Crippen LogP contribution in [0.3, 0.4) is 0 Å². The van der Waals surface area contributed by atoms with Gasteiger partial charge in [-0.15, -0.1) is 0 Å². The topological polar surface area (TPSA) is 156 Å². The molecular weight excluding hydrogens is 1090 g/mol. The Morgan fingerprint density at radius 3 is 0.659 bits per heavy atom. The fourth-order valence-electron chi connectivity index (χ4n) is 10.2. The van der Waals surface area contributed by atoms with Crippen LogP contribution in [-0.2, 0) is 17.4 Å². The minimum Gasteiger partial charge on any atom is -0.545 e. The third kappa shape index (κ3) is 50.0. The van der Waals surface area contributed by atoms with E-state index in [4.69, 9.17) is 0 Å². The van der Waals surface area contributed by atoms with E-state index in [1.165, 1.54) is 250 Å². The Balaban J connectivity index is 0.00000124. The van der Waals surface area contributed by atoms with Gasteiger partial charge in [0.1, 0.15) is 0 Å². The Morgan fingerprint density at radius 1 is 0.282 bits per heavy atom. The number of carboxylic acid groups (broad SMARTS) is 3. The largest absolute Gasteiger partial charge is 3.00 e. The molecule has 0 amide bonds. The van der Waals surface area contributed by atoms with Crippen molar-refractivity contribution in [2.24, 2.45) is 0 Å². The molecule has 0 heterocycles. The van der Waals surface area contributed by atoms with Gasteiger partial charge in [-0.3, -0.25) is 0 Å². The number of carbonyl (C=O) groups is 3. The summed E-state index contributed by atoms with van der Waals surface area (Å²) in [5.41, 5.74) is 2.71. The van der Waals surface area contributed by atoms with Crippen LogP contribution >= 0.6 is 0 Å². The van der Waals surface area contributed by atoms with Gasteiger partial charge in [-0.05, 0) is 115 Å². The number of unbranched alkanes of at least 4 members (excludes halogenated alkanes) is 36. The molecule has 9 nitrogen and oxygen atoms in total. The van der Waals surface area contributed by atoms with Crippen LogP contribution < -0.4 is 31.3 Å². The molecule has 0 aromatic heterocycles. The zero-order valence-corrected chi connectivity index (χ0v) is 55.3. The van der Waals surface area contributed by atoms with Gasteiger partial charge < -0.3 is 45.7 Å². The summed E-state index contributed by atoms with van der Waals surface area (Å²) in [5, 5.41) is 42.8. The van der Waals surface area contributed by atoms with Crippen molar-refractivity contribution in [3.8, 4) is 0 Å². The molecule has 0 aliphatic rings. The van der Waals surface area contributed by atoms with Gasteiger partial charge in [0.15, 0.2) is 0 Å². The molecule has 3 aromatic carbocycles. The van der Waals surface area contributed by atoms with E-state index in [-0.39, 0.29) is 34.1 Å². The minimum atomic E-state index is -1.12. The van der Waals surface area contributed by atoms with Crippen molar-refractivity contribution >= 4 is 35.0 Å². The summed E-state index contributed by atoms with van der Waals surface area (Å²) in [5.74, 6) is -3.36. The van der Waals surface area contributed by atoms with E-state index in [9.17, 15) is 29.7 Å². The fraction of sp³-hybridized carbons (Fsp3) is 0.640. The molecule has 3 N–H and O–H groups in total. The van der Waals surface area contributed by atoms with E-state index >= 15 is 0 Å². The molecule has 0 bridgehead atoms. The molecule has 0 saturated heterocycles. The first-order valence-electron chi connectivity index (χ1n) is 34.3. The molecule has 0 aliphatic carbocycles. The summed E-state index contributed by atoms with van der Waals surface area (Å²) >= 11 is 0. The number of nitrogens with one attached hydrogen (secondary N) is 3. The van der Waals surface area contributed by atoms with Crippen molar-refractivity contribution in [2.75, 3.05) is 35.6 Å². The van der Waals surface area contributed by atoms with Crippen molar-refractivity contribution in [3.63, 3.8) is 0 Å². The molecule has 0 spiro atoms. The summed E-state index contributed by atoms with van der Waals surface area (Å²) in [4.78, 5) is 33.1. The number of benzene rings is 3. The molecule has 3 rings (SSSR count). The average Bonchev–Trinajstić information content (AvgIpc) is 3.61. The number of hydrogen-bond donors (Lipinski definition) is 3. The first-order valence-corrected chi connectivity index (χ1v) is 34.3. The standard InChI is InChI=1S/3C25H41NO2.Cr/c3*1-2-3-4-5-6-7-8-9-10-11-12-13-14-15-16-19-22-26-24-21-18-17-20-23(24)25(27)28;/h3*9-10,17-18,20-21,26H,2-8,11-16,19,22H2,1H3,(H,27,28);/q;;;+3/p-3/b3*10-9-;. The molecule has 0 unspecified atom stereocenters. The normalized spacial score (nSPS) is 11.0. The molecule has 10 heteroatoms. The second-order valence-corrected chi connectivity index (χ2v) is 23.1. The summed E-state index contributed by atoms with van der Waals surface area (Å²) in [6.07, 6.45) is 68.6. The third-order valence-electron chi connectivity index (χ3n) is 15.5. The van der Waals surface area contributed by atoms with Crippen LogP contribution in [0.5, 0.6) is 0 Å². The second kappa shape index (κ2) is 62.3. The number of carbonyl (C=O) groups excluding carboxylic acids is 3.